The van der Waals surface area contributed by atoms with E-state index in [0.29, 0.717) is 6.61 Å². The molecule has 0 spiro atoms. The molecule has 1 aromatic rings. The maximum absolute atomic E-state index is 6.69. The highest BCUT2D eigenvalue weighted by molar-refractivity contribution is 9.28. The normalized spacial score (nSPS) is 22.8. The van der Waals surface area contributed by atoms with Crippen LogP contribution >= 0.6 is 31.9 Å². The lowest BCUT2D eigenvalue weighted by Gasteiger charge is -2.40. The molecule has 0 unspecified atom stereocenters. The summed E-state index contributed by atoms with van der Waals surface area (Å²) in [6, 6.07) is 9.92. The molecule has 1 aromatic carbocycles. The maximum Gasteiger partial charge on any atom is 0.193 e. The standard InChI is InChI=1S/C22H33Br2NO4Si/c1-21(2,3)30(6,7)29-17(13-19(23)24)20-18(27-22(4,5)28-20)14-25-26-15-16-11-9-8-10-12-16/h8-14,17-18,20H,15H2,1-7H3/b25-14+/t17-,18-,20+/m1/s1. The van der Waals surface area contributed by atoms with E-state index in [1.165, 1.54) is 0 Å². The fourth-order valence-corrected chi connectivity index (χ4v) is 4.57. The van der Waals surface area contributed by atoms with E-state index < -0.39 is 20.2 Å². The number of rotatable bonds is 8. The summed E-state index contributed by atoms with van der Waals surface area (Å²) in [5, 5.41) is 4.22. The van der Waals surface area contributed by atoms with Crippen molar-refractivity contribution in [3.63, 3.8) is 0 Å². The molecule has 0 aromatic heterocycles. The Hall–Kier alpha value is -0.513. The first-order valence-corrected chi connectivity index (χ1v) is 14.6. The maximum atomic E-state index is 6.69. The van der Waals surface area contributed by atoms with Gasteiger partial charge < -0.3 is 18.7 Å². The quantitative estimate of drug-likeness (QED) is 0.200. The summed E-state index contributed by atoms with van der Waals surface area (Å²) in [7, 11) is -2.06. The molecule has 5 nitrogen and oxygen atoms in total. The van der Waals surface area contributed by atoms with E-state index in [0.717, 1.165) is 8.96 Å². The SMILES string of the molecule is CC1(C)O[C@@H]([C@@H](C=C(Br)Br)O[Si](C)(C)C(C)(C)C)[C@@H](/C=N/OCc2ccccc2)O1. The van der Waals surface area contributed by atoms with Crippen LogP contribution in [-0.2, 0) is 25.3 Å². The lowest BCUT2D eigenvalue weighted by atomic mass is 10.1. The minimum Gasteiger partial charge on any atom is -0.408 e. The summed E-state index contributed by atoms with van der Waals surface area (Å²) >= 11 is 6.95. The van der Waals surface area contributed by atoms with Gasteiger partial charge in [0.2, 0.25) is 0 Å². The van der Waals surface area contributed by atoms with Gasteiger partial charge in [-0.05, 0) is 75.5 Å². The van der Waals surface area contributed by atoms with Crippen molar-refractivity contribution in [3.8, 4) is 0 Å². The van der Waals surface area contributed by atoms with Crippen LogP contribution in [-0.4, -0.2) is 38.6 Å². The zero-order valence-electron chi connectivity index (χ0n) is 18.8. The molecule has 2 rings (SSSR count). The van der Waals surface area contributed by atoms with E-state index >= 15 is 0 Å². The Balaban J connectivity index is 2.17. The van der Waals surface area contributed by atoms with E-state index in [2.05, 4.69) is 70.9 Å². The highest BCUT2D eigenvalue weighted by atomic mass is 79.9. The van der Waals surface area contributed by atoms with E-state index in [1.54, 1.807) is 6.21 Å². The monoisotopic (exact) mass is 561 g/mol. The van der Waals surface area contributed by atoms with E-state index in [4.69, 9.17) is 18.7 Å². The first-order chi connectivity index (χ1) is 13.8. The van der Waals surface area contributed by atoms with E-state index in [1.807, 2.05) is 50.3 Å². The zero-order chi connectivity index (χ0) is 22.6. The van der Waals surface area contributed by atoms with E-state index in [-0.39, 0.29) is 17.2 Å². The van der Waals surface area contributed by atoms with Crippen LogP contribution in [0.3, 0.4) is 0 Å². The van der Waals surface area contributed by atoms with Gasteiger partial charge in [0.1, 0.15) is 18.8 Å². The van der Waals surface area contributed by atoms with Gasteiger partial charge in [-0.3, -0.25) is 0 Å². The Morgan fingerprint density at radius 1 is 1.20 bits per heavy atom. The fourth-order valence-electron chi connectivity index (χ4n) is 2.81. The highest BCUT2D eigenvalue weighted by Gasteiger charge is 2.48. The van der Waals surface area contributed by atoms with Crippen LogP contribution in [0.25, 0.3) is 0 Å². The van der Waals surface area contributed by atoms with Crippen molar-refractivity contribution in [2.75, 3.05) is 0 Å². The predicted molar refractivity (Wildman–Crippen MR) is 132 cm³/mol. The molecule has 30 heavy (non-hydrogen) atoms. The molecule has 1 fully saturated rings. The average Bonchev–Trinajstić information content (AvgIpc) is 2.92. The van der Waals surface area contributed by atoms with Gasteiger partial charge in [-0.2, -0.15) is 0 Å². The lowest BCUT2D eigenvalue weighted by molar-refractivity contribution is -0.148. The average molecular weight is 563 g/mol. The number of ether oxygens (including phenoxy) is 2. The Bertz CT molecular complexity index is 743. The number of halogens is 2. The third-order valence-electron chi connectivity index (χ3n) is 5.37. The fraction of sp³-hybridized carbons (Fsp3) is 0.591. The molecule has 1 heterocycles. The van der Waals surface area contributed by atoms with Crippen LogP contribution in [0, 0.1) is 0 Å². The molecule has 1 aliphatic heterocycles. The number of hydrogen-bond donors (Lipinski definition) is 0. The van der Waals surface area contributed by atoms with E-state index in [9.17, 15) is 0 Å². The van der Waals surface area contributed by atoms with Gasteiger partial charge in [-0.15, -0.1) is 0 Å². The molecular formula is C22H33Br2NO4Si. The van der Waals surface area contributed by atoms with Crippen molar-refractivity contribution in [3.05, 3.63) is 45.4 Å². The van der Waals surface area contributed by atoms with Crippen LogP contribution < -0.4 is 0 Å². The van der Waals surface area contributed by atoms with Gasteiger partial charge in [0.05, 0.1) is 15.7 Å². The summed E-state index contributed by atoms with van der Waals surface area (Å²) in [5.41, 5.74) is 1.06. The second-order valence-electron chi connectivity index (χ2n) is 9.38. The molecular weight excluding hydrogens is 530 g/mol. The van der Waals surface area contributed by atoms with Crippen LogP contribution in [0.15, 0.2) is 45.0 Å². The molecule has 0 aliphatic carbocycles. The molecule has 1 saturated heterocycles. The van der Waals surface area contributed by atoms with Crippen molar-refractivity contribution in [1.82, 2.24) is 0 Å². The molecule has 0 bridgehead atoms. The van der Waals surface area contributed by atoms with Gasteiger partial charge in [0.25, 0.3) is 0 Å². The summed E-state index contributed by atoms with van der Waals surface area (Å²) in [4.78, 5) is 5.48. The Morgan fingerprint density at radius 2 is 1.83 bits per heavy atom. The zero-order valence-corrected chi connectivity index (χ0v) is 23.0. The number of oxime groups is 1. The van der Waals surface area contributed by atoms with Gasteiger partial charge >= 0.3 is 0 Å². The molecule has 0 radical (unpaired) electrons. The largest absolute Gasteiger partial charge is 0.408 e. The second kappa shape index (κ2) is 10.4. The smallest absolute Gasteiger partial charge is 0.193 e. The van der Waals surface area contributed by atoms with Gasteiger partial charge in [-0.25, -0.2) is 0 Å². The van der Waals surface area contributed by atoms with Gasteiger partial charge in [0.15, 0.2) is 14.1 Å². The van der Waals surface area contributed by atoms with Gasteiger partial charge in [-0.1, -0.05) is 56.3 Å². The first-order valence-electron chi connectivity index (χ1n) is 10.1. The number of nitrogens with zero attached hydrogens (tertiary/aromatic N) is 1. The summed E-state index contributed by atoms with van der Waals surface area (Å²) in [6.07, 6.45) is 2.57. The third kappa shape index (κ3) is 7.57. The van der Waals surface area contributed by atoms with Crippen molar-refractivity contribution < 1.29 is 18.7 Å². The Morgan fingerprint density at radius 3 is 2.40 bits per heavy atom. The molecule has 8 heteroatoms. The van der Waals surface area contributed by atoms with Crippen LogP contribution in [0.2, 0.25) is 18.1 Å². The molecule has 0 amide bonds. The molecule has 0 saturated carbocycles. The minimum atomic E-state index is -2.06. The van der Waals surface area contributed by atoms with Crippen molar-refractivity contribution in [2.45, 2.75) is 83.5 Å². The first kappa shape index (κ1) is 25.7. The topological polar surface area (TPSA) is 49.3 Å². The second-order valence-corrected chi connectivity index (χ2v) is 16.9. The number of hydrogen-bond acceptors (Lipinski definition) is 5. The van der Waals surface area contributed by atoms with Crippen LogP contribution in [0.4, 0.5) is 0 Å². The minimum absolute atomic E-state index is 0.0647. The van der Waals surface area contributed by atoms with Crippen LogP contribution in [0.1, 0.15) is 40.2 Å². The van der Waals surface area contributed by atoms with Crippen LogP contribution in [0.5, 0.6) is 0 Å². The Labute approximate surface area is 198 Å². The van der Waals surface area contributed by atoms with Crippen molar-refractivity contribution in [1.29, 1.82) is 0 Å². The Kier molecular flexibility index (Phi) is 8.93. The predicted octanol–water partition coefficient (Wildman–Crippen LogP) is 6.73. The molecule has 3 atom stereocenters. The number of benzene rings is 1. The molecule has 168 valence electrons. The van der Waals surface area contributed by atoms with Gasteiger partial charge in [0, 0.05) is 0 Å². The summed E-state index contributed by atoms with van der Waals surface area (Å²) in [5.74, 6) is -0.748. The summed E-state index contributed by atoms with van der Waals surface area (Å²) in [6.45, 7) is 15.3. The lowest BCUT2D eigenvalue weighted by Crippen LogP contribution is -2.48. The third-order valence-corrected chi connectivity index (χ3v) is 10.4. The van der Waals surface area contributed by atoms with Crippen molar-refractivity contribution in [2.24, 2.45) is 5.16 Å². The molecule has 1 aliphatic rings. The molecule has 0 N–H and O–H groups in total. The van der Waals surface area contributed by atoms with Crippen molar-refractivity contribution >= 4 is 46.4 Å². The summed E-state index contributed by atoms with van der Waals surface area (Å²) < 4.78 is 19.8. The highest BCUT2D eigenvalue weighted by Crippen LogP contribution is 2.40.